The lowest BCUT2D eigenvalue weighted by Crippen LogP contribution is -2.60. The van der Waals surface area contributed by atoms with Crippen LogP contribution in [-0.4, -0.2) is 86.0 Å². The van der Waals surface area contributed by atoms with Crippen LogP contribution in [-0.2, 0) is 14.3 Å². The summed E-state index contributed by atoms with van der Waals surface area (Å²) < 4.78 is 6.06. The summed E-state index contributed by atoms with van der Waals surface area (Å²) in [5, 5.41) is 0. The maximum atomic E-state index is 12.9. The van der Waals surface area contributed by atoms with Crippen molar-refractivity contribution in [3.05, 3.63) is 35.9 Å². The molecule has 1 aromatic rings. The van der Waals surface area contributed by atoms with E-state index in [-0.39, 0.29) is 17.7 Å². The number of hydrogen-bond donors (Lipinski definition) is 0. The summed E-state index contributed by atoms with van der Waals surface area (Å²) in [6, 6.07) is 9.98. The van der Waals surface area contributed by atoms with Gasteiger partial charge in [0.2, 0.25) is 5.91 Å². The molecule has 2 fully saturated rings. The first-order chi connectivity index (χ1) is 11.4. The third-order valence-corrected chi connectivity index (χ3v) is 4.88. The van der Waals surface area contributed by atoms with Gasteiger partial charge in [0.25, 0.3) is 5.91 Å². The van der Waals surface area contributed by atoms with E-state index < -0.39 is 5.60 Å². The molecule has 0 aliphatic carbocycles. The Morgan fingerprint density at radius 3 is 2.71 bits per heavy atom. The SMILES string of the molecule is CN(C)CC(=O)N1CCO[C@]2(C1)C(=O)N(C)C[C@@H]2c1ccccc1. The van der Waals surface area contributed by atoms with Crippen LogP contribution in [0.4, 0.5) is 0 Å². The summed E-state index contributed by atoms with van der Waals surface area (Å²) in [5.74, 6) is -0.0540. The lowest BCUT2D eigenvalue weighted by Gasteiger charge is -2.42. The molecule has 1 spiro atoms. The van der Waals surface area contributed by atoms with E-state index in [9.17, 15) is 9.59 Å². The van der Waals surface area contributed by atoms with Gasteiger partial charge < -0.3 is 19.4 Å². The van der Waals surface area contributed by atoms with Crippen LogP contribution in [0.15, 0.2) is 30.3 Å². The highest BCUT2D eigenvalue weighted by Crippen LogP contribution is 2.41. The Morgan fingerprint density at radius 2 is 2.04 bits per heavy atom. The molecule has 6 heteroatoms. The maximum absolute atomic E-state index is 12.9. The first kappa shape index (κ1) is 16.9. The van der Waals surface area contributed by atoms with E-state index >= 15 is 0 Å². The molecular formula is C18H25N3O3. The first-order valence-corrected chi connectivity index (χ1v) is 8.31. The van der Waals surface area contributed by atoms with E-state index in [2.05, 4.69) is 0 Å². The van der Waals surface area contributed by atoms with Crippen LogP contribution < -0.4 is 0 Å². The van der Waals surface area contributed by atoms with Crippen LogP contribution in [0.25, 0.3) is 0 Å². The van der Waals surface area contributed by atoms with Crippen molar-refractivity contribution in [2.24, 2.45) is 0 Å². The lowest BCUT2D eigenvalue weighted by atomic mass is 9.83. The second-order valence-corrected chi connectivity index (χ2v) is 6.94. The summed E-state index contributed by atoms with van der Waals surface area (Å²) in [4.78, 5) is 30.7. The fourth-order valence-electron chi connectivity index (χ4n) is 3.71. The van der Waals surface area contributed by atoms with E-state index in [4.69, 9.17) is 4.74 Å². The second-order valence-electron chi connectivity index (χ2n) is 6.94. The number of morpholine rings is 1. The van der Waals surface area contributed by atoms with Crippen molar-refractivity contribution in [3.63, 3.8) is 0 Å². The Hall–Kier alpha value is -1.92. The quantitative estimate of drug-likeness (QED) is 0.805. The number of carbonyl (C=O) groups excluding carboxylic acids is 2. The number of benzene rings is 1. The smallest absolute Gasteiger partial charge is 0.257 e. The molecule has 0 aromatic heterocycles. The molecule has 24 heavy (non-hydrogen) atoms. The van der Waals surface area contributed by atoms with Crippen molar-refractivity contribution in [3.8, 4) is 0 Å². The second kappa shape index (κ2) is 6.53. The molecule has 2 amide bonds. The Balaban J connectivity index is 1.90. The molecule has 1 aromatic carbocycles. The third kappa shape index (κ3) is 2.91. The van der Waals surface area contributed by atoms with Gasteiger partial charge in [-0.15, -0.1) is 0 Å². The standard InChI is InChI=1S/C18H25N3O3/c1-19(2)12-16(22)21-9-10-24-18(13-21)15(11-20(3)17(18)23)14-7-5-4-6-8-14/h4-8,15H,9-13H2,1-3H3/t15-,18+/m1/s1. The summed E-state index contributed by atoms with van der Waals surface area (Å²) in [6.07, 6.45) is 0. The summed E-state index contributed by atoms with van der Waals surface area (Å²) in [5.41, 5.74) is 0.119. The van der Waals surface area contributed by atoms with E-state index in [0.29, 0.717) is 32.8 Å². The Kier molecular flexibility index (Phi) is 4.60. The minimum Gasteiger partial charge on any atom is -0.361 e. The number of nitrogens with zero attached hydrogens (tertiary/aromatic N) is 3. The molecule has 0 N–H and O–H groups in total. The number of hydrogen-bond acceptors (Lipinski definition) is 4. The van der Waals surface area contributed by atoms with Crippen LogP contribution >= 0.6 is 0 Å². The zero-order valence-corrected chi connectivity index (χ0v) is 14.6. The minimum absolute atomic E-state index is 0.0290. The van der Waals surface area contributed by atoms with Gasteiger partial charge in [-0.1, -0.05) is 30.3 Å². The topological polar surface area (TPSA) is 53.1 Å². The van der Waals surface area contributed by atoms with Gasteiger partial charge in [-0.05, 0) is 19.7 Å². The Morgan fingerprint density at radius 1 is 1.33 bits per heavy atom. The van der Waals surface area contributed by atoms with Crippen molar-refractivity contribution in [2.45, 2.75) is 11.5 Å². The predicted octanol–water partition coefficient (Wildman–Crippen LogP) is 0.401. The highest BCUT2D eigenvalue weighted by atomic mass is 16.5. The normalized spacial score (nSPS) is 27.3. The van der Waals surface area contributed by atoms with Crippen LogP contribution in [0.1, 0.15) is 11.5 Å². The van der Waals surface area contributed by atoms with Crippen molar-refractivity contribution < 1.29 is 14.3 Å². The zero-order valence-electron chi connectivity index (χ0n) is 14.6. The monoisotopic (exact) mass is 331 g/mol. The number of rotatable bonds is 3. The number of likely N-dealkylation sites (N-methyl/N-ethyl adjacent to an activating group) is 2. The molecule has 2 heterocycles. The van der Waals surface area contributed by atoms with Gasteiger partial charge in [0, 0.05) is 26.1 Å². The van der Waals surface area contributed by atoms with Gasteiger partial charge in [0.1, 0.15) is 0 Å². The van der Waals surface area contributed by atoms with Crippen molar-refractivity contribution in [2.75, 3.05) is 53.9 Å². The molecule has 6 nitrogen and oxygen atoms in total. The van der Waals surface area contributed by atoms with Crippen molar-refractivity contribution >= 4 is 11.8 Å². The molecule has 130 valence electrons. The van der Waals surface area contributed by atoms with E-state index in [0.717, 1.165) is 5.56 Å². The molecule has 0 unspecified atom stereocenters. The minimum atomic E-state index is -0.962. The molecule has 0 bridgehead atoms. The van der Waals surface area contributed by atoms with Gasteiger partial charge >= 0.3 is 0 Å². The molecule has 2 atom stereocenters. The Bertz CT molecular complexity index is 619. The van der Waals surface area contributed by atoms with Crippen molar-refractivity contribution in [1.29, 1.82) is 0 Å². The molecular weight excluding hydrogens is 306 g/mol. The fourth-order valence-corrected chi connectivity index (χ4v) is 3.71. The lowest BCUT2D eigenvalue weighted by molar-refractivity contribution is -0.167. The summed E-state index contributed by atoms with van der Waals surface area (Å²) >= 11 is 0. The van der Waals surface area contributed by atoms with Crippen LogP contribution in [0, 0.1) is 0 Å². The predicted molar refractivity (Wildman–Crippen MR) is 90.6 cm³/mol. The summed E-state index contributed by atoms with van der Waals surface area (Å²) in [6.45, 7) is 2.20. The average molecular weight is 331 g/mol. The van der Waals surface area contributed by atoms with Gasteiger partial charge in [-0.3, -0.25) is 9.59 Å². The average Bonchev–Trinajstić information content (AvgIpc) is 2.80. The van der Waals surface area contributed by atoms with Crippen LogP contribution in [0.5, 0.6) is 0 Å². The first-order valence-electron chi connectivity index (χ1n) is 8.31. The highest BCUT2D eigenvalue weighted by Gasteiger charge is 2.57. The Labute approximate surface area is 143 Å². The van der Waals surface area contributed by atoms with Gasteiger partial charge in [0.15, 0.2) is 5.60 Å². The number of carbonyl (C=O) groups is 2. The molecule has 0 radical (unpaired) electrons. The van der Waals surface area contributed by atoms with Gasteiger partial charge in [0.05, 0.1) is 19.7 Å². The van der Waals surface area contributed by atoms with Crippen LogP contribution in [0.2, 0.25) is 0 Å². The number of likely N-dealkylation sites (tertiary alicyclic amines) is 1. The highest BCUT2D eigenvalue weighted by molar-refractivity contribution is 5.90. The molecule has 2 saturated heterocycles. The van der Waals surface area contributed by atoms with Crippen LogP contribution in [0.3, 0.4) is 0 Å². The van der Waals surface area contributed by atoms with Gasteiger partial charge in [-0.25, -0.2) is 0 Å². The molecule has 3 rings (SSSR count). The number of amides is 2. The molecule has 2 aliphatic rings. The van der Waals surface area contributed by atoms with Gasteiger partial charge in [-0.2, -0.15) is 0 Å². The van der Waals surface area contributed by atoms with E-state index in [1.165, 1.54) is 0 Å². The molecule has 2 aliphatic heterocycles. The fraction of sp³-hybridized carbons (Fsp3) is 0.556. The van der Waals surface area contributed by atoms with Crippen molar-refractivity contribution in [1.82, 2.24) is 14.7 Å². The summed E-state index contributed by atoms with van der Waals surface area (Å²) in [7, 11) is 5.54. The third-order valence-electron chi connectivity index (χ3n) is 4.88. The maximum Gasteiger partial charge on any atom is 0.257 e. The largest absolute Gasteiger partial charge is 0.361 e. The molecule has 0 saturated carbocycles. The number of ether oxygens (including phenoxy) is 1. The van der Waals surface area contributed by atoms with E-state index in [1.54, 1.807) is 16.8 Å². The zero-order chi connectivity index (χ0) is 17.3. The van der Waals surface area contributed by atoms with E-state index in [1.807, 2.05) is 49.3 Å².